The van der Waals surface area contributed by atoms with Gasteiger partial charge in [-0.2, -0.15) is 0 Å². The maximum Gasteiger partial charge on any atom is 0.238 e. The van der Waals surface area contributed by atoms with Crippen molar-refractivity contribution in [2.24, 2.45) is 5.73 Å². The number of likely N-dealkylation sites (N-methyl/N-ethyl adjacent to an activating group) is 2. The van der Waals surface area contributed by atoms with Gasteiger partial charge in [-0.25, -0.2) is 0 Å². The first-order valence-electron chi connectivity index (χ1n) is 6.59. The summed E-state index contributed by atoms with van der Waals surface area (Å²) in [7, 11) is 1.57. The molecular weight excluding hydrogens is 288 g/mol. The highest BCUT2D eigenvalue weighted by Gasteiger charge is 2.12. The van der Waals surface area contributed by atoms with Crippen molar-refractivity contribution >= 4 is 34.7 Å². The molecule has 0 atom stereocenters. The third-order valence-corrected chi connectivity index (χ3v) is 3.15. The van der Waals surface area contributed by atoms with Crippen LogP contribution in [0, 0.1) is 0 Å². The Morgan fingerprint density at radius 1 is 1.19 bits per heavy atom. The first-order valence-corrected chi connectivity index (χ1v) is 6.99. The minimum atomic E-state index is -0.177. The third kappa shape index (κ3) is 5.88. The van der Waals surface area contributed by atoms with Crippen molar-refractivity contribution in [3.8, 4) is 0 Å². The van der Waals surface area contributed by atoms with Gasteiger partial charge >= 0.3 is 0 Å². The fourth-order valence-electron chi connectivity index (χ4n) is 1.68. The summed E-state index contributed by atoms with van der Waals surface area (Å²) in [6, 6.07) is 6.98. The number of carbonyl (C=O) groups excluding carboxylic acids is 2. The zero-order valence-corrected chi connectivity index (χ0v) is 13.0. The molecule has 0 saturated carbocycles. The molecule has 21 heavy (non-hydrogen) atoms. The highest BCUT2D eigenvalue weighted by Crippen LogP contribution is 2.09. The number of amides is 2. The molecule has 6 nitrogen and oxygen atoms in total. The second-order valence-electron chi connectivity index (χ2n) is 4.47. The Labute approximate surface area is 129 Å². The second-order valence-corrected chi connectivity index (χ2v) is 4.91. The molecule has 0 aromatic heterocycles. The van der Waals surface area contributed by atoms with E-state index in [-0.39, 0.29) is 24.9 Å². The van der Waals surface area contributed by atoms with E-state index in [1.807, 2.05) is 6.92 Å². The number of hydrogen-bond acceptors (Lipinski definition) is 4. The lowest BCUT2D eigenvalue weighted by molar-refractivity contribution is -0.123. The van der Waals surface area contributed by atoms with Crippen molar-refractivity contribution in [1.29, 1.82) is 0 Å². The molecule has 0 unspecified atom stereocenters. The molecule has 0 saturated heterocycles. The average molecular weight is 308 g/mol. The monoisotopic (exact) mass is 308 g/mol. The summed E-state index contributed by atoms with van der Waals surface area (Å²) in [4.78, 5) is 25.3. The highest BCUT2D eigenvalue weighted by molar-refractivity contribution is 7.80. The van der Waals surface area contributed by atoms with Crippen LogP contribution in [-0.4, -0.2) is 48.4 Å². The molecule has 0 spiro atoms. The third-order valence-electron chi connectivity index (χ3n) is 2.91. The Morgan fingerprint density at radius 3 is 2.24 bits per heavy atom. The average Bonchev–Trinajstić information content (AvgIpc) is 2.46. The van der Waals surface area contributed by atoms with Crippen LogP contribution < -0.4 is 16.4 Å². The van der Waals surface area contributed by atoms with Crippen LogP contribution in [0.3, 0.4) is 0 Å². The van der Waals surface area contributed by atoms with Crippen LogP contribution in [0.4, 0.5) is 5.69 Å². The molecule has 0 aliphatic carbocycles. The van der Waals surface area contributed by atoms with Crippen LogP contribution in [-0.2, 0) is 9.59 Å². The van der Waals surface area contributed by atoms with E-state index < -0.39 is 0 Å². The summed E-state index contributed by atoms with van der Waals surface area (Å²) in [5, 5.41) is 5.30. The molecule has 7 heteroatoms. The predicted octanol–water partition coefficient (Wildman–Crippen LogP) is 0.327. The Bertz CT molecular complexity index is 516. The molecule has 0 aliphatic rings. The van der Waals surface area contributed by atoms with Gasteiger partial charge in [-0.3, -0.25) is 14.5 Å². The Morgan fingerprint density at radius 2 is 1.76 bits per heavy atom. The highest BCUT2D eigenvalue weighted by atomic mass is 32.1. The number of thiocarbonyl (C=S) groups is 1. The van der Waals surface area contributed by atoms with E-state index >= 15 is 0 Å². The number of benzene rings is 1. The number of nitrogens with two attached hydrogens (primary N) is 1. The second kappa shape index (κ2) is 8.33. The van der Waals surface area contributed by atoms with Crippen LogP contribution >= 0.6 is 12.2 Å². The SMILES string of the molecule is CCN(CC(=O)NC)CC(=O)Nc1ccc(C(N)=S)cc1. The molecule has 114 valence electrons. The van der Waals surface area contributed by atoms with Gasteiger partial charge in [-0.15, -0.1) is 0 Å². The molecular formula is C14H20N4O2S. The molecule has 0 fully saturated rings. The normalized spacial score (nSPS) is 10.2. The van der Waals surface area contributed by atoms with Crippen LogP contribution in [0.25, 0.3) is 0 Å². The first-order chi connectivity index (χ1) is 9.96. The van der Waals surface area contributed by atoms with Crippen molar-refractivity contribution < 1.29 is 9.59 Å². The van der Waals surface area contributed by atoms with Crippen LogP contribution in [0.2, 0.25) is 0 Å². The van der Waals surface area contributed by atoms with Crippen LogP contribution in [0.1, 0.15) is 12.5 Å². The van der Waals surface area contributed by atoms with Crippen LogP contribution in [0.15, 0.2) is 24.3 Å². The van der Waals surface area contributed by atoms with Gasteiger partial charge in [-0.1, -0.05) is 19.1 Å². The van der Waals surface area contributed by atoms with E-state index in [2.05, 4.69) is 10.6 Å². The van der Waals surface area contributed by atoms with Gasteiger partial charge in [0.2, 0.25) is 11.8 Å². The van der Waals surface area contributed by atoms with Gasteiger partial charge in [0.15, 0.2) is 0 Å². The largest absolute Gasteiger partial charge is 0.389 e. The molecule has 0 aliphatic heterocycles. The van der Waals surface area contributed by atoms with E-state index in [1.54, 1.807) is 36.2 Å². The summed E-state index contributed by atoms with van der Waals surface area (Å²) in [6.07, 6.45) is 0. The zero-order valence-electron chi connectivity index (χ0n) is 12.2. The number of anilines is 1. The molecule has 1 aromatic carbocycles. The van der Waals surface area contributed by atoms with Crippen molar-refractivity contribution in [2.75, 3.05) is 32.0 Å². The topological polar surface area (TPSA) is 87.5 Å². The smallest absolute Gasteiger partial charge is 0.238 e. The predicted molar refractivity (Wildman–Crippen MR) is 87.1 cm³/mol. The van der Waals surface area contributed by atoms with Gasteiger partial charge in [0.1, 0.15) is 4.99 Å². The van der Waals surface area contributed by atoms with Gasteiger partial charge in [0.05, 0.1) is 13.1 Å². The number of nitrogens with one attached hydrogen (secondary N) is 2. The number of rotatable bonds is 7. The maximum atomic E-state index is 11.9. The summed E-state index contributed by atoms with van der Waals surface area (Å²) in [6.45, 7) is 2.86. The first kappa shape index (κ1) is 17.1. The Kier molecular flexibility index (Phi) is 6.77. The van der Waals surface area contributed by atoms with Crippen molar-refractivity contribution in [2.45, 2.75) is 6.92 Å². The number of hydrogen-bond donors (Lipinski definition) is 3. The molecule has 0 radical (unpaired) electrons. The van der Waals surface area contributed by atoms with E-state index in [9.17, 15) is 9.59 Å². The minimum Gasteiger partial charge on any atom is -0.389 e. The van der Waals surface area contributed by atoms with Crippen molar-refractivity contribution in [3.63, 3.8) is 0 Å². The lowest BCUT2D eigenvalue weighted by atomic mass is 10.2. The van der Waals surface area contributed by atoms with E-state index in [1.165, 1.54) is 0 Å². The summed E-state index contributed by atoms with van der Waals surface area (Å²) >= 11 is 4.86. The Hall–Kier alpha value is -1.99. The molecule has 1 aromatic rings. The van der Waals surface area contributed by atoms with Gasteiger partial charge < -0.3 is 16.4 Å². The fraction of sp³-hybridized carbons (Fsp3) is 0.357. The Balaban J connectivity index is 2.55. The lowest BCUT2D eigenvalue weighted by Gasteiger charge is -2.18. The minimum absolute atomic E-state index is 0.120. The van der Waals surface area contributed by atoms with Gasteiger partial charge in [-0.05, 0) is 30.8 Å². The van der Waals surface area contributed by atoms with Crippen molar-refractivity contribution in [3.05, 3.63) is 29.8 Å². The van der Waals surface area contributed by atoms with Crippen LogP contribution in [0.5, 0.6) is 0 Å². The molecule has 4 N–H and O–H groups in total. The molecule has 0 heterocycles. The summed E-state index contributed by atoms with van der Waals surface area (Å²) < 4.78 is 0. The quantitative estimate of drug-likeness (QED) is 0.632. The van der Waals surface area contributed by atoms with Gasteiger partial charge in [0.25, 0.3) is 0 Å². The maximum absolute atomic E-state index is 11.9. The number of nitrogens with zero attached hydrogens (tertiary/aromatic N) is 1. The van der Waals surface area contributed by atoms with Crippen molar-refractivity contribution in [1.82, 2.24) is 10.2 Å². The number of carbonyl (C=O) groups is 2. The summed E-state index contributed by atoms with van der Waals surface area (Å²) in [5.41, 5.74) is 6.92. The molecule has 2 amide bonds. The lowest BCUT2D eigenvalue weighted by Crippen LogP contribution is -2.40. The summed E-state index contributed by atoms with van der Waals surface area (Å²) in [5.74, 6) is -0.297. The standard InChI is InChI=1S/C14H20N4O2S/c1-3-18(8-12(19)16-2)9-13(20)17-11-6-4-10(5-7-11)14(15)21/h4-7H,3,8-9H2,1-2H3,(H2,15,21)(H,16,19)(H,17,20). The molecule has 0 bridgehead atoms. The molecule has 1 rings (SSSR count). The van der Waals surface area contributed by atoms with E-state index in [0.717, 1.165) is 5.56 Å². The van der Waals surface area contributed by atoms with Gasteiger partial charge in [0, 0.05) is 18.3 Å². The van der Waals surface area contributed by atoms with E-state index in [4.69, 9.17) is 18.0 Å². The fourth-order valence-corrected chi connectivity index (χ4v) is 1.82. The van der Waals surface area contributed by atoms with E-state index in [0.29, 0.717) is 17.2 Å². The zero-order chi connectivity index (χ0) is 15.8.